The van der Waals surface area contributed by atoms with Gasteiger partial charge in [-0.2, -0.15) is 0 Å². The van der Waals surface area contributed by atoms with E-state index in [1.165, 1.54) is 12.1 Å². The van der Waals surface area contributed by atoms with Crippen molar-refractivity contribution in [2.24, 2.45) is 5.73 Å². The molecule has 0 saturated heterocycles. The van der Waals surface area contributed by atoms with E-state index in [9.17, 15) is 4.39 Å². The summed E-state index contributed by atoms with van der Waals surface area (Å²) in [7, 11) is 0. The normalized spacial score (nSPS) is 13.8. The number of nitrogens with two attached hydrogens (primary N) is 1. The minimum Gasteiger partial charge on any atom is -0.481 e. The maximum absolute atomic E-state index is 13.9. The van der Waals surface area contributed by atoms with E-state index < -0.39 is 11.9 Å². The average molecular weight is 359 g/mol. The van der Waals surface area contributed by atoms with Gasteiger partial charge in [0, 0.05) is 16.1 Å². The molecule has 2 atom stereocenters. The first-order valence-electron chi connectivity index (χ1n) is 6.11. The summed E-state index contributed by atoms with van der Waals surface area (Å²) in [4.78, 5) is 0. The molecule has 0 aliphatic heterocycles. The van der Waals surface area contributed by atoms with Crippen LogP contribution in [0.5, 0.6) is 5.75 Å². The van der Waals surface area contributed by atoms with E-state index in [4.69, 9.17) is 22.1 Å². The Kier molecular flexibility index (Phi) is 5.02. The Bertz CT molecular complexity index is 606. The minimum absolute atomic E-state index is 0.0260. The van der Waals surface area contributed by atoms with Crippen molar-refractivity contribution < 1.29 is 9.13 Å². The van der Waals surface area contributed by atoms with Gasteiger partial charge in [-0.3, -0.25) is 0 Å². The highest BCUT2D eigenvalue weighted by Gasteiger charge is 2.22. The molecule has 0 aliphatic carbocycles. The summed E-state index contributed by atoms with van der Waals surface area (Å²) in [5, 5.41) is 0.0260. The molecule has 0 fully saturated rings. The summed E-state index contributed by atoms with van der Waals surface area (Å²) < 4.78 is 20.5. The van der Waals surface area contributed by atoms with Crippen LogP contribution in [0.4, 0.5) is 4.39 Å². The van der Waals surface area contributed by atoms with Gasteiger partial charge in [-0.1, -0.05) is 51.8 Å². The molecule has 0 amide bonds. The molecular weight excluding hydrogens is 345 g/mol. The lowest BCUT2D eigenvalue weighted by Crippen LogP contribution is -2.29. The number of rotatable bonds is 4. The fourth-order valence-electron chi connectivity index (χ4n) is 1.87. The first-order chi connectivity index (χ1) is 9.50. The van der Waals surface area contributed by atoms with Crippen LogP contribution in [0.3, 0.4) is 0 Å². The van der Waals surface area contributed by atoms with Gasteiger partial charge in [0.2, 0.25) is 0 Å². The zero-order chi connectivity index (χ0) is 14.7. The Morgan fingerprint density at radius 3 is 2.55 bits per heavy atom. The van der Waals surface area contributed by atoms with E-state index in [0.29, 0.717) is 0 Å². The Labute approximate surface area is 130 Å². The van der Waals surface area contributed by atoms with Crippen molar-refractivity contribution in [3.05, 3.63) is 63.3 Å². The van der Waals surface area contributed by atoms with Gasteiger partial charge in [-0.25, -0.2) is 4.39 Å². The van der Waals surface area contributed by atoms with Gasteiger partial charge < -0.3 is 10.5 Å². The first-order valence-corrected chi connectivity index (χ1v) is 7.28. The van der Waals surface area contributed by atoms with Crippen molar-refractivity contribution >= 4 is 27.5 Å². The predicted molar refractivity (Wildman–Crippen MR) is 82.6 cm³/mol. The third kappa shape index (κ3) is 3.32. The number of halogens is 3. The molecule has 0 aliphatic rings. The number of hydrogen-bond donors (Lipinski definition) is 1. The fraction of sp³-hybridized carbons (Fsp3) is 0.200. The molecule has 0 saturated carbocycles. The molecule has 0 heterocycles. The topological polar surface area (TPSA) is 35.2 Å². The van der Waals surface area contributed by atoms with Crippen molar-refractivity contribution in [2.45, 2.75) is 19.1 Å². The van der Waals surface area contributed by atoms with Crippen LogP contribution in [0.2, 0.25) is 5.02 Å². The second kappa shape index (κ2) is 6.57. The molecular formula is C15H14BrClFNO. The summed E-state index contributed by atoms with van der Waals surface area (Å²) in [6.45, 7) is 1.81. The highest BCUT2D eigenvalue weighted by molar-refractivity contribution is 9.10. The number of benzene rings is 2. The molecule has 5 heteroatoms. The first kappa shape index (κ1) is 15.3. The summed E-state index contributed by atoms with van der Waals surface area (Å²) in [5.74, 6) is -0.484. The van der Waals surface area contributed by atoms with Crippen LogP contribution in [0.1, 0.15) is 18.6 Å². The summed E-state index contributed by atoms with van der Waals surface area (Å²) in [6, 6.07) is 11.9. The van der Waals surface area contributed by atoms with Crippen molar-refractivity contribution in [3.8, 4) is 5.75 Å². The molecule has 2 rings (SSSR count). The van der Waals surface area contributed by atoms with Gasteiger partial charge in [0.05, 0.1) is 5.02 Å². The predicted octanol–water partition coefficient (Wildman–Crippen LogP) is 4.71. The van der Waals surface area contributed by atoms with Gasteiger partial charge in [0.25, 0.3) is 0 Å². The molecule has 2 N–H and O–H groups in total. The fourth-order valence-corrected chi connectivity index (χ4v) is 2.55. The van der Waals surface area contributed by atoms with E-state index in [0.717, 1.165) is 10.0 Å². The van der Waals surface area contributed by atoms with Crippen LogP contribution in [0.15, 0.2) is 46.9 Å². The van der Waals surface area contributed by atoms with Crippen molar-refractivity contribution in [2.75, 3.05) is 0 Å². The molecule has 106 valence electrons. The summed E-state index contributed by atoms with van der Waals surface area (Å²) >= 11 is 9.21. The van der Waals surface area contributed by atoms with Crippen LogP contribution < -0.4 is 10.5 Å². The lowest BCUT2D eigenvalue weighted by Gasteiger charge is -2.24. The van der Waals surface area contributed by atoms with Crippen molar-refractivity contribution in [3.63, 3.8) is 0 Å². The van der Waals surface area contributed by atoms with Crippen LogP contribution >= 0.6 is 27.5 Å². The number of hydrogen-bond acceptors (Lipinski definition) is 2. The molecule has 0 bridgehead atoms. The molecule has 2 unspecified atom stereocenters. The van der Waals surface area contributed by atoms with E-state index in [-0.39, 0.29) is 16.8 Å². The Balaban J connectivity index is 2.36. The van der Waals surface area contributed by atoms with E-state index in [2.05, 4.69) is 15.9 Å². The molecule has 20 heavy (non-hydrogen) atoms. The molecule has 2 nitrogen and oxygen atoms in total. The zero-order valence-electron chi connectivity index (χ0n) is 10.8. The molecule has 2 aromatic carbocycles. The van der Waals surface area contributed by atoms with Crippen LogP contribution in [-0.4, -0.2) is 6.04 Å². The maximum atomic E-state index is 13.9. The Morgan fingerprint density at radius 2 is 1.90 bits per heavy atom. The quantitative estimate of drug-likeness (QED) is 0.859. The lowest BCUT2D eigenvalue weighted by atomic mass is 10.0. The minimum atomic E-state index is -0.577. The second-order valence-electron chi connectivity index (χ2n) is 4.47. The van der Waals surface area contributed by atoms with Crippen LogP contribution in [0.25, 0.3) is 0 Å². The van der Waals surface area contributed by atoms with Crippen LogP contribution in [-0.2, 0) is 0 Å². The molecule has 0 radical (unpaired) electrons. The van der Waals surface area contributed by atoms with Crippen molar-refractivity contribution in [1.29, 1.82) is 0 Å². The molecule has 0 spiro atoms. The highest BCUT2D eigenvalue weighted by Crippen LogP contribution is 2.32. The Hall–Kier alpha value is -1.10. The molecule has 0 aromatic heterocycles. The van der Waals surface area contributed by atoms with Crippen molar-refractivity contribution in [1.82, 2.24) is 0 Å². The summed E-state index contributed by atoms with van der Waals surface area (Å²) in [6.07, 6.45) is -0.474. The summed E-state index contributed by atoms with van der Waals surface area (Å²) in [5.41, 5.74) is 6.84. The van der Waals surface area contributed by atoms with Gasteiger partial charge in [-0.05, 0) is 25.1 Å². The highest BCUT2D eigenvalue weighted by atomic mass is 79.9. The van der Waals surface area contributed by atoms with Gasteiger partial charge >= 0.3 is 0 Å². The Morgan fingerprint density at radius 1 is 1.20 bits per heavy atom. The lowest BCUT2D eigenvalue weighted by molar-refractivity contribution is 0.172. The van der Waals surface area contributed by atoms with Gasteiger partial charge in [0.1, 0.15) is 6.10 Å². The average Bonchev–Trinajstić information content (AvgIpc) is 2.41. The maximum Gasteiger partial charge on any atom is 0.183 e. The largest absolute Gasteiger partial charge is 0.481 e. The SMILES string of the molecule is CC(N)C(Oc1cccc(Cl)c1F)c1ccccc1Br. The zero-order valence-corrected chi connectivity index (χ0v) is 13.2. The van der Waals surface area contributed by atoms with Crippen LogP contribution in [0, 0.1) is 5.82 Å². The third-order valence-corrected chi connectivity index (χ3v) is 3.87. The van der Waals surface area contributed by atoms with E-state index in [1.54, 1.807) is 6.07 Å². The second-order valence-corrected chi connectivity index (χ2v) is 5.73. The third-order valence-electron chi connectivity index (χ3n) is 2.86. The smallest absolute Gasteiger partial charge is 0.183 e. The molecule has 2 aromatic rings. The monoisotopic (exact) mass is 357 g/mol. The standard InChI is InChI=1S/C15H14BrClFNO/c1-9(19)15(10-5-2-3-6-11(10)16)20-13-8-4-7-12(17)14(13)18/h2-9,15H,19H2,1H3. The van der Waals surface area contributed by atoms with Gasteiger partial charge in [0.15, 0.2) is 11.6 Å². The van der Waals surface area contributed by atoms with E-state index >= 15 is 0 Å². The number of ether oxygens (including phenoxy) is 1. The van der Waals surface area contributed by atoms with E-state index in [1.807, 2.05) is 31.2 Å². The van der Waals surface area contributed by atoms with Gasteiger partial charge in [-0.15, -0.1) is 0 Å².